The maximum atomic E-state index is 11.8. The number of nitrogens with one attached hydrogen (secondary N) is 2. The van der Waals surface area contributed by atoms with Crippen molar-refractivity contribution in [2.45, 2.75) is 19.9 Å². The van der Waals surface area contributed by atoms with Crippen LogP contribution in [0.25, 0.3) is 0 Å². The van der Waals surface area contributed by atoms with Gasteiger partial charge in [0.25, 0.3) is 5.91 Å². The summed E-state index contributed by atoms with van der Waals surface area (Å²) in [5.74, 6) is 0.276. The van der Waals surface area contributed by atoms with Crippen molar-refractivity contribution >= 4 is 33.5 Å². The number of anilines is 2. The van der Waals surface area contributed by atoms with Gasteiger partial charge in [-0.25, -0.2) is 9.97 Å². The molecule has 0 saturated carbocycles. The molecule has 0 saturated heterocycles. The van der Waals surface area contributed by atoms with Crippen LogP contribution < -0.4 is 10.6 Å². The van der Waals surface area contributed by atoms with Crippen molar-refractivity contribution in [3.05, 3.63) is 46.7 Å². The number of rotatable bonds is 4. The fourth-order valence-electron chi connectivity index (χ4n) is 1.55. The van der Waals surface area contributed by atoms with E-state index in [0.29, 0.717) is 11.5 Å². The van der Waals surface area contributed by atoms with E-state index in [-0.39, 0.29) is 11.9 Å². The summed E-state index contributed by atoms with van der Waals surface area (Å²) >= 11 is 3.40. The summed E-state index contributed by atoms with van der Waals surface area (Å²) in [7, 11) is 0. The predicted octanol–water partition coefficient (Wildman–Crippen LogP) is 3.12. The first-order valence-corrected chi connectivity index (χ1v) is 6.99. The van der Waals surface area contributed by atoms with E-state index in [1.165, 1.54) is 12.4 Å². The van der Waals surface area contributed by atoms with Gasteiger partial charge in [-0.3, -0.25) is 4.79 Å². The second-order valence-corrected chi connectivity index (χ2v) is 5.47. The average molecular weight is 335 g/mol. The molecule has 0 aliphatic heterocycles. The summed E-state index contributed by atoms with van der Waals surface area (Å²) in [6.45, 7) is 3.81. The van der Waals surface area contributed by atoms with Gasteiger partial charge in [-0.15, -0.1) is 0 Å². The van der Waals surface area contributed by atoms with Crippen molar-refractivity contribution in [1.29, 1.82) is 0 Å². The van der Waals surface area contributed by atoms with Gasteiger partial charge in [-0.05, 0) is 32.0 Å². The minimum Gasteiger partial charge on any atom is -0.350 e. The Morgan fingerprint density at radius 3 is 2.55 bits per heavy atom. The fourth-order valence-corrected chi connectivity index (χ4v) is 1.95. The maximum Gasteiger partial charge on any atom is 0.254 e. The van der Waals surface area contributed by atoms with Crippen LogP contribution >= 0.6 is 15.9 Å². The molecular weight excluding hydrogens is 320 g/mol. The highest BCUT2D eigenvalue weighted by Gasteiger charge is 2.08. The van der Waals surface area contributed by atoms with Gasteiger partial charge in [0.1, 0.15) is 0 Å². The molecule has 20 heavy (non-hydrogen) atoms. The van der Waals surface area contributed by atoms with E-state index >= 15 is 0 Å². The molecule has 0 aliphatic rings. The minimum absolute atomic E-state index is 0.0852. The minimum atomic E-state index is -0.172. The molecule has 6 heteroatoms. The molecule has 1 aromatic carbocycles. The zero-order chi connectivity index (χ0) is 14.5. The van der Waals surface area contributed by atoms with Crippen LogP contribution in [0.3, 0.4) is 0 Å². The van der Waals surface area contributed by atoms with Crippen molar-refractivity contribution in [3.8, 4) is 0 Å². The first kappa shape index (κ1) is 14.5. The van der Waals surface area contributed by atoms with E-state index in [1.807, 2.05) is 38.1 Å². The third kappa shape index (κ3) is 4.03. The molecule has 1 aromatic heterocycles. The van der Waals surface area contributed by atoms with Gasteiger partial charge in [0, 0.05) is 28.6 Å². The zero-order valence-corrected chi connectivity index (χ0v) is 12.8. The lowest BCUT2D eigenvalue weighted by Gasteiger charge is -2.08. The number of hydrogen-bond acceptors (Lipinski definition) is 4. The first-order chi connectivity index (χ1) is 9.54. The largest absolute Gasteiger partial charge is 0.350 e. The van der Waals surface area contributed by atoms with Gasteiger partial charge in [-0.2, -0.15) is 0 Å². The van der Waals surface area contributed by atoms with E-state index < -0.39 is 0 Å². The Bertz CT molecular complexity index is 598. The Morgan fingerprint density at radius 2 is 1.95 bits per heavy atom. The highest BCUT2D eigenvalue weighted by atomic mass is 79.9. The lowest BCUT2D eigenvalue weighted by Crippen LogP contribution is -2.30. The second kappa shape index (κ2) is 6.47. The standard InChI is InChI=1S/C14H15BrN4O/c1-9(2)18-13(20)10-7-16-14(17-8-10)19-12-5-3-4-11(15)6-12/h3-9H,1-2H3,(H,18,20)(H,16,17,19). The fraction of sp³-hybridized carbons (Fsp3) is 0.214. The van der Waals surface area contributed by atoms with Gasteiger partial charge < -0.3 is 10.6 Å². The Labute approximate surface area is 126 Å². The van der Waals surface area contributed by atoms with Gasteiger partial charge in [0.2, 0.25) is 5.95 Å². The van der Waals surface area contributed by atoms with Gasteiger partial charge in [0.15, 0.2) is 0 Å². The monoisotopic (exact) mass is 334 g/mol. The first-order valence-electron chi connectivity index (χ1n) is 6.20. The van der Waals surface area contributed by atoms with E-state index in [1.54, 1.807) is 0 Å². The zero-order valence-electron chi connectivity index (χ0n) is 11.2. The Kier molecular flexibility index (Phi) is 4.68. The molecule has 0 fully saturated rings. The topological polar surface area (TPSA) is 66.9 Å². The maximum absolute atomic E-state index is 11.8. The smallest absolute Gasteiger partial charge is 0.254 e. The van der Waals surface area contributed by atoms with Crippen molar-refractivity contribution in [2.75, 3.05) is 5.32 Å². The Morgan fingerprint density at radius 1 is 1.25 bits per heavy atom. The Balaban J connectivity index is 2.07. The van der Waals surface area contributed by atoms with Crippen molar-refractivity contribution in [2.24, 2.45) is 0 Å². The van der Waals surface area contributed by atoms with Gasteiger partial charge >= 0.3 is 0 Å². The van der Waals surface area contributed by atoms with Crippen LogP contribution in [0, 0.1) is 0 Å². The van der Waals surface area contributed by atoms with Gasteiger partial charge in [0.05, 0.1) is 5.56 Å². The van der Waals surface area contributed by atoms with Crippen LogP contribution in [-0.2, 0) is 0 Å². The van der Waals surface area contributed by atoms with E-state index in [2.05, 4.69) is 36.5 Å². The third-order valence-corrected chi connectivity index (χ3v) is 2.91. The quantitative estimate of drug-likeness (QED) is 0.901. The van der Waals surface area contributed by atoms with Crippen LogP contribution in [-0.4, -0.2) is 21.9 Å². The molecule has 0 unspecified atom stereocenters. The number of carbonyl (C=O) groups is 1. The molecule has 2 rings (SSSR count). The molecule has 1 amide bonds. The SMILES string of the molecule is CC(C)NC(=O)c1cnc(Nc2cccc(Br)c2)nc1. The average Bonchev–Trinajstić information content (AvgIpc) is 2.38. The van der Waals surface area contributed by atoms with Crippen LogP contribution in [0.4, 0.5) is 11.6 Å². The lowest BCUT2D eigenvalue weighted by atomic mass is 10.3. The highest BCUT2D eigenvalue weighted by molar-refractivity contribution is 9.10. The number of aromatic nitrogens is 2. The molecule has 0 radical (unpaired) electrons. The van der Waals surface area contributed by atoms with Crippen LogP contribution in [0.15, 0.2) is 41.1 Å². The van der Waals surface area contributed by atoms with E-state index in [9.17, 15) is 4.79 Å². The normalized spacial score (nSPS) is 10.4. The van der Waals surface area contributed by atoms with E-state index in [0.717, 1.165) is 10.2 Å². The molecular formula is C14H15BrN4O. The number of benzene rings is 1. The number of halogens is 1. The summed E-state index contributed by atoms with van der Waals surface area (Å²) in [6.07, 6.45) is 3.01. The number of amides is 1. The van der Waals surface area contributed by atoms with Crippen LogP contribution in [0.5, 0.6) is 0 Å². The second-order valence-electron chi connectivity index (χ2n) is 4.56. The lowest BCUT2D eigenvalue weighted by molar-refractivity contribution is 0.0942. The van der Waals surface area contributed by atoms with Gasteiger partial charge in [-0.1, -0.05) is 22.0 Å². The van der Waals surface area contributed by atoms with Crippen LogP contribution in [0.2, 0.25) is 0 Å². The summed E-state index contributed by atoms with van der Waals surface area (Å²) in [6, 6.07) is 7.76. The molecule has 5 nitrogen and oxygen atoms in total. The molecule has 0 spiro atoms. The number of hydrogen-bond donors (Lipinski definition) is 2. The molecule has 2 aromatic rings. The van der Waals surface area contributed by atoms with Crippen molar-refractivity contribution in [1.82, 2.24) is 15.3 Å². The van der Waals surface area contributed by atoms with Crippen LogP contribution in [0.1, 0.15) is 24.2 Å². The molecule has 1 heterocycles. The highest BCUT2D eigenvalue weighted by Crippen LogP contribution is 2.18. The molecule has 0 atom stereocenters. The third-order valence-electron chi connectivity index (χ3n) is 2.41. The Hall–Kier alpha value is -1.95. The summed E-state index contributed by atoms with van der Waals surface area (Å²) < 4.78 is 0.968. The summed E-state index contributed by atoms with van der Waals surface area (Å²) in [5.41, 5.74) is 1.32. The molecule has 2 N–H and O–H groups in total. The number of nitrogens with zero attached hydrogens (tertiary/aromatic N) is 2. The summed E-state index contributed by atoms with van der Waals surface area (Å²) in [5, 5.41) is 5.86. The van der Waals surface area contributed by atoms with Crippen molar-refractivity contribution < 1.29 is 4.79 Å². The van der Waals surface area contributed by atoms with Crippen molar-refractivity contribution in [3.63, 3.8) is 0 Å². The predicted molar refractivity (Wildman–Crippen MR) is 82.1 cm³/mol. The van der Waals surface area contributed by atoms with E-state index in [4.69, 9.17) is 0 Å². The number of carbonyl (C=O) groups excluding carboxylic acids is 1. The molecule has 104 valence electrons. The molecule has 0 bridgehead atoms. The summed E-state index contributed by atoms with van der Waals surface area (Å²) in [4.78, 5) is 20.0. The molecule has 0 aliphatic carbocycles.